The molecule has 1 saturated heterocycles. The van der Waals surface area contributed by atoms with Crippen LogP contribution in [-0.2, 0) is 4.79 Å². The molecular weight excluding hydrogens is 441 g/mol. The molecule has 146 valence electrons. The smallest absolute Gasteiger partial charge is 0.222 e. The van der Waals surface area contributed by atoms with Crippen molar-refractivity contribution in [2.24, 2.45) is 4.99 Å². The molecule has 1 heterocycles. The molecule has 1 aromatic rings. The third kappa shape index (κ3) is 6.34. The Morgan fingerprint density at radius 1 is 1.38 bits per heavy atom. The monoisotopic (exact) mass is 473 g/mol. The van der Waals surface area contributed by atoms with Crippen LogP contribution in [0.5, 0.6) is 0 Å². The number of amides is 1. The molecule has 1 amide bonds. The lowest BCUT2D eigenvalue weighted by molar-refractivity contribution is -0.129. The number of likely N-dealkylation sites (N-methyl/N-ethyl adjacent to an activating group) is 1. The second kappa shape index (κ2) is 11.3. The van der Waals surface area contributed by atoms with Crippen molar-refractivity contribution in [3.63, 3.8) is 0 Å². The van der Waals surface area contributed by atoms with E-state index in [4.69, 9.17) is 0 Å². The maximum absolute atomic E-state index is 11.8. The van der Waals surface area contributed by atoms with Crippen molar-refractivity contribution in [3.05, 3.63) is 30.3 Å². The summed E-state index contributed by atoms with van der Waals surface area (Å²) in [7, 11) is 3.88. The highest BCUT2D eigenvalue weighted by atomic mass is 127. The average molecular weight is 473 g/mol. The molecule has 0 aliphatic carbocycles. The van der Waals surface area contributed by atoms with Gasteiger partial charge in [0.05, 0.1) is 0 Å². The van der Waals surface area contributed by atoms with Gasteiger partial charge in [0.2, 0.25) is 5.91 Å². The molecule has 0 saturated carbocycles. The van der Waals surface area contributed by atoms with Gasteiger partial charge in [-0.3, -0.25) is 9.79 Å². The lowest BCUT2D eigenvalue weighted by Gasteiger charge is -2.28. The minimum Gasteiger partial charge on any atom is -0.370 e. The van der Waals surface area contributed by atoms with Gasteiger partial charge in [0.1, 0.15) is 0 Å². The van der Waals surface area contributed by atoms with E-state index in [9.17, 15) is 4.79 Å². The van der Waals surface area contributed by atoms with Crippen molar-refractivity contribution >= 4 is 41.5 Å². The van der Waals surface area contributed by atoms with Crippen LogP contribution in [0.15, 0.2) is 35.3 Å². The highest BCUT2D eigenvalue weighted by molar-refractivity contribution is 14.0. The molecule has 1 fully saturated rings. The van der Waals surface area contributed by atoms with Crippen LogP contribution in [0.3, 0.4) is 0 Å². The molecule has 2 unspecified atom stereocenters. The van der Waals surface area contributed by atoms with Crippen LogP contribution < -0.4 is 15.5 Å². The summed E-state index contributed by atoms with van der Waals surface area (Å²) >= 11 is 0. The predicted octanol–water partition coefficient (Wildman–Crippen LogP) is 2.31. The number of halogens is 1. The topological polar surface area (TPSA) is 60.0 Å². The molecule has 0 bridgehead atoms. The van der Waals surface area contributed by atoms with Crippen molar-refractivity contribution in [3.8, 4) is 0 Å². The summed E-state index contributed by atoms with van der Waals surface area (Å²) in [5.41, 5.74) is 1.20. The summed E-state index contributed by atoms with van der Waals surface area (Å²) in [6, 6.07) is 10.9. The van der Waals surface area contributed by atoms with Gasteiger partial charge in [0.15, 0.2) is 5.96 Å². The first-order valence-corrected chi connectivity index (χ1v) is 9.08. The third-order valence-electron chi connectivity index (χ3n) is 4.80. The van der Waals surface area contributed by atoms with E-state index in [0.29, 0.717) is 12.5 Å². The van der Waals surface area contributed by atoms with Gasteiger partial charge in [0, 0.05) is 57.9 Å². The molecule has 6 nitrogen and oxygen atoms in total. The van der Waals surface area contributed by atoms with Crippen molar-refractivity contribution in [2.75, 3.05) is 38.6 Å². The Balaban J connectivity index is 0.00000338. The van der Waals surface area contributed by atoms with E-state index in [1.807, 2.05) is 17.9 Å². The van der Waals surface area contributed by atoms with E-state index in [2.05, 4.69) is 58.8 Å². The van der Waals surface area contributed by atoms with E-state index in [-0.39, 0.29) is 35.9 Å². The fourth-order valence-corrected chi connectivity index (χ4v) is 3.02. The number of carbonyl (C=O) groups is 1. The number of hydrogen-bond donors (Lipinski definition) is 2. The number of nitrogens with one attached hydrogen (secondary N) is 2. The zero-order chi connectivity index (χ0) is 18.2. The zero-order valence-corrected chi connectivity index (χ0v) is 18.6. The Labute approximate surface area is 174 Å². The van der Waals surface area contributed by atoms with E-state index < -0.39 is 0 Å². The van der Waals surface area contributed by atoms with Gasteiger partial charge in [-0.25, -0.2) is 0 Å². The van der Waals surface area contributed by atoms with Crippen LogP contribution >= 0.6 is 24.0 Å². The van der Waals surface area contributed by atoms with E-state index >= 15 is 0 Å². The van der Waals surface area contributed by atoms with Gasteiger partial charge in [0.25, 0.3) is 0 Å². The number of rotatable bonds is 6. The molecule has 2 rings (SSSR count). The van der Waals surface area contributed by atoms with Crippen molar-refractivity contribution in [1.82, 2.24) is 15.5 Å². The first-order chi connectivity index (χ1) is 12.0. The van der Waals surface area contributed by atoms with Gasteiger partial charge in [-0.2, -0.15) is 0 Å². The number of nitrogens with zero attached hydrogens (tertiary/aromatic N) is 3. The molecule has 1 aliphatic rings. The second-order valence-electron chi connectivity index (χ2n) is 6.57. The summed E-state index contributed by atoms with van der Waals surface area (Å²) in [4.78, 5) is 20.3. The fraction of sp³-hybridized carbons (Fsp3) is 0.579. The van der Waals surface area contributed by atoms with E-state index in [1.165, 1.54) is 5.69 Å². The van der Waals surface area contributed by atoms with Gasteiger partial charge in [-0.15, -0.1) is 24.0 Å². The molecule has 1 aliphatic heterocycles. The SMILES string of the molecule is CCC(=O)N1CCC(NC(=NC)NCC(C)N(C)c2ccccc2)C1.I. The Bertz CT molecular complexity index is 581. The van der Waals surface area contributed by atoms with Crippen LogP contribution in [0.25, 0.3) is 0 Å². The quantitative estimate of drug-likeness (QED) is 0.378. The summed E-state index contributed by atoms with van der Waals surface area (Å²) in [5, 5.41) is 6.83. The number of hydrogen-bond acceptors (Lipinski definition) is 3. The number of guanidine groups is 1. The maximum Gasteiger partial charge on any atom is 0.222 e. The predicted molar refractivity (Wildman–Crippen MR) is 119 cm³/mol. The van der Waals surface area contributed by atoms with Gasteiger partial charge < -0.3 is 20.4 Å². The van der Waals surface area contributed by atoms with Crippen LogP contribution in [0.1, 0.15) is 26.7 Å². The average Bonchev–Trinajstić information content (AvgIpc) is 3.12. The highest BCUT2D eigenvalue weighted by Crippen LogP contribution is 2.13. The Kier molecular flexibility index (Phi) is 9.75. The summed E-state index contributed by atoms with van der Waals surface area (Å²) in [6.07, 6.45) is 1.54. The number of para-hydroxylation sites is 1. The molecule has 2 N–H and O–H groups in total. The first kappa shape index (κ1) is 22.5. The zero-order valence-electron chi connectivity index (χ0n) is 16.2. The molecule has 26 heavy (non-hydrogen) atoms. The number of benzene rings is 1. The summed E-state index contributed by atoms with van der Waals surface area (Å²) in [5.74, 6) is 1.02. The highest BCUT2D eigenvalue weighted by Gasteiger charge is 2.25. The standard InChI is InChI=1S/C19H31N5O.HI/c1-5-18(25)24-12-11-16(14-24)22-19(20-3)21-13-15(2)23(4)17-9-7-6-8-10-17;/h6-10,15-16H,5,11-14H2,1-4H3,(H2,20,21,22);1H. The van der Waals surface area contributed by atoms with Crippen LogP contribution in [0, 0.1) is 0 Å². The van der Waals surface area contributed by atoms with Crippen molar-refractivity contribution < 1.29 is 4.79 Å². The fourth-order valence-electron chi connectivity index (χ4n) is 3.02. The minimum absolute atomic E-state index is 0. The largest absolute Gasteiger partial charge is 0.370 e. The second-order valence-corrected chi connectivity index (χ2v) is 6.57. The Morgan fingerprint density at radius 2 is 2.08 bits per heavy atom. The molecule has 1 aromatic carbocycles. The Hall–Kier alpha value is -1.51. The van der Waals surface area contributed by atoms with Crippen LogP contribution in [0.4, 0.5) is 5.69 Å². The van der Waals surface area contributed by atoms with E-state index in [1.54, 1.807) is 7.05 Å². The minimum atomic E-state index is 0. The van der Waals surface area contributed by atoms with Gasteiger partial charge in [-0.05, 0) is 25.5 Å². The number of carbonyl (C=O) groups excluding carboxylic acids is 1. The number of aliphatic imine (C=N–C) groups is 1. The summed E-state index contributed by atoms with van der Waals surface area (Å²) in [6.45, 7) is 6.47. The van der Waals surface area contributed by atoms with E-state index in [0.717, 1.165) is 32.0 Å². The lowest BCUT2D eigenvalue weighted by atomic mass is 10.2. The normalized spacial score (nSPS) is 18.1. The molecule has 0 radical (unpaired) electrons. The molecule has 0 aromatic heterocycles. The third-order valence-corrected chi connectivity index (χ3v) is 4.80. The van der Waals surface area contributed by atoms with Gasteiger partial charge >= 0.3 is 0 Å². The molecular formula is C19H32IN5O. The van der Waals surface area contributed by atoms with Crippen LogP contribution in [-0.4, -0.2) is 62.6 Å². The molecule has 7 heteroatoms. The van der Waals surface area contributed by atoms with Crippen LogP contribution in [0.2, 0.25) is 0 Å². The molecule has 2 atom stereocenters. The van der Waals surface area contributed by atoms with Crippen molar-refractivity contribution in [2.45, 2.75) is 38.8 Å². The Morgan fingerprint density at radius 3 is 2.69 bits per heavy atom. The number of likely N-dealkylation sites (tertiary alicyclic amines) is 1. The van der Waals surface area contributed by atoms with Crippen molar-refractivity contribution in [1.29, 1.82) is 0 Å². The molecule has 0 spiro atoms. The van der Waals surface area contributed by atoms with Gasteiger partial charge in [-0.1, -0.05) is 25.1 Å². The lowest BCUT2D eigenvalue weighted by Crippen LogP contribution is -2.48. The number of anilines is 1. The summed E-state index contributed by atoms with van der Waals surface area (Å²) < 4.78 is 0. The maximum atomic E-state index is 11.8. The first-order valence-electron chi connectivity index (χ1n) is 9.08.